The molecule has 0 spiro atoms. The molecule has 1 heterocycles. The van der Waals surface area contributed by atoms with Gasteiger partial charge in [0.25, 0.3) is 0 Å². The van der Waals surface area contributed by atoms with Crippen molar-refractivity contribution in [3.05, 3.63) is 23.5 Å². The predicted molar refractivity (Wildman–Crippen MR) is 106 cm³/mol. The summed E-state index contributed by atoms with van der Waals surface area (Å²) in [5, 5.41) is 9.56. The highest BCUT2D eigenvalue weighted by molar-refractivity contribution is 5.95. The third-order valence-electron chi connectivity index (χ3n) is 6.80. The second kappa shape index (κ2) is 6.30. The number of aromatic nitrogens is 2. The van der Waals surface area contributed by atoms with E-state index in [9.17, 15) is 14.4 Å². The summed E-state index contributed by atoms with van der Waals surface area (Å²) >= 11 is 0. The molecule has 2 aliphatic rings. The van der Waals surface area contributed by atoms with Gasteiger partial charge in [-0.2, -0.15) is 5.26 Å². The first kappa shape index (κ1) is 18.9. The molecule has 2 aliphatic carbocycles. The fourth-order valence-electron chi connectivity index (χ4n) is 4.51. The van der Waals surface area contributed by atoms with Gasteiger partial charge in [-0.1, -0.05) is 13.8 Å². The van der Waals surface area contributed by atoms with E-state index in [0.717, 1.165) is 19.3 Å². The first-order valence-electron chi connectivity index (χ1n) is 10.1. The van der Waals surface area contributed by atoms with E-state index in [1.54, 1.807) is 18.0 Å². The second-order valence-electron chi connectivity index (χ2n) is 9.39. The number of fused-ring (bicyclic) bond motifs is 1. The fraction of sp³-hybridized carbons (Fsp3) is 0.591. The van der Waals surface area contributed by atoms with Crippen LogP contribution in [-0.2, 0) is 10.3 Å². The number of nitriles is 1. The summed E-state index contributed by atoms with van der Waals surface area (Å²) in [7, 11) is 1.74. The van der Waals surface area contributed by atoms with Crippen LogP contribution in [0.4, 0.5) is 10.3 Å². The van der Waals surface area contributed by atoms with Crippen LogP contribution in [-0.4, -0.2) is 22.5 Å². The molecule has 28 heavy (non-hydrogen) atoms. The molecule has 0 bridgehead atoms. The molecule has 2 fully saturated rings. The Morgan fingerprint density at radius 1 is 1.43 bits per heavy atom. The first-order chi connectivity index (χ1) is 13.2. The van der Waals surface area contributed by atoms with Crippen LogP contribution in [0.5, 0.6) is 0 Å². The van der Waals surface area contributed by atoms with Gasteiger partial charge in [0.15, 0.2) is 0 Å². The summed E-state index contributed by atoms with van der Waals surface area (Å²) in [6, 6.07) is 4.88. The quantitative estimate of drug-likeness (QED) is 0.751. The number of rotatable bonds is 5. The second-order valence-corrected chi connectivity index (χ2v) is 9.39. The van der Waals surface area contributed by atoms with Gasteiger partial charge in [0, 0.05) is 19.0 Å². The molecule has 0 N–H and O–H groups in total. The van der Waals surface area contributed by atoms with Crippen LogP contribution in [0.2, 0.25) is 0 Å². The zero-order valence-corrected chi connectivity index (χ0v) is 17.0. The zero-order valence-electron chi connectivity index (χ0n) is 17.0. The van der Waals surface area contributed by atoms with Crippen molar-refractivity contribution in [2.45, 2.75) is 64.8 Å². The van der Waals surface area contributed by atoms with Crippen molar-refractivity contribution in [3.63, 3.8) is 0 Å². The van der Waals surface area contributed by atoms with Crippen LogP contribution in [0.15, 0.2) is 12.1 Å². The Labute approximate surface area is 165 Å². The average Bonchev–Trinajstić information content (AvgIpc) is 3.40. The lowest BCUT2D eigenvalue weighted by Crippen LogP contribution is -2.41. The van der Waals surface area contributed by atoms with E-state index < -0.39 is 5.82 Å². The molecule has 0 atom stereocenters. The number of anilines is 1. The van der Waals surface area contributed by atoms with E-state index in [1.807, 2.05) is 10.6 Å². The molecule has 0 aliphatic heterocycles. The van der Waals surface area contributed by atoms with Gasteiger partial charge in [0.2, 0.25) is 11.9 Å². The Morgan fingerprint density at radius 3 is 2.64 bits per heavy atom. The Bertz CT molecular complexity index is 992. The third-order valence-corrected chi connectivity index (χ3v) is 6.80. The third kappa shape index (κ3) is 2.88. The van der Waals surface area contributed by atoms with Crippen LogP contribution >= 0.6 is 0 Å². The molecular formula is C22H27FN4O. The number of halogens is 1. The Kier molecular flexibility index (Phi) is 4.26. The van der Waals surface area contributed by atoms with Gasteiger partial charge in [-0.25, -0.2) is 9.37 Å². The molecule has 1 aromatic heterocycles. The van der Waals surface area contributed by atoms with Crippen molar-refractivity contribution < 1.29 is 9.18 Å². The Balaban J connectivity index is 1.81. The number of carbonyl (C=O) groups is 1. The number of nitrogens with zero attached hydrogens (tertiary/aromatic N) is 4. The van der Waals surface area contributed by atoms with Crippen LogP contribution in [0.1, 0.15) is 64.9 Å². The maximum atomic E-state index is 14.4. The van der Waals surface area contributed by atoms with Crippen LogP contribution in [0.3, 0.4) is 0 Å². The molecule has 2 saturated carbocycles. The van der Waals surface area contributed by atoms with Crippen molar-refractivity contribution in [3.8, 4) is 6.07 Å². The average molecular weight is 382 g/mol. The van der Waals surface area contributed by atoms with Crippen LogP contribution in [0.25, 0.3) is 11.0 Å². The highest BCUT2D eigenvalue weighted by Crippen LogP contribution is 2.48. The molecule has 5 nitrogen and oxygen atoms in total. The van der Waals surface area contributed by atoms with E-state index in [0.29, 0.717) is 29.3 Å². The Hall–Kier alpha value is -2.42. The van der Waals surface area contributed by atoms with Crippen molar-refractivity contribution in [1.29, 1.82) is 5.26 Å². The van der Waals surface area contributed by atoms with Gasteiger partial charge in [0.05, 0.1) is 11.0 Å². The SMILES string of the molecule is CN(C(=O)CC(C)(C)C1CC1)c1nc2ccc(F)c(C#N)c2n1C1(C)CCC1. The standard InChI is InChI=1S/C22H27FN4O/c1-21(2,14-6-7-14)12-18(28)26(4)20-25-17-9-8-16(23)15(13-24)19(17)27(20)22(3)10-5-11-22/h8-9,14H,5-7,10-12H2,1-4H3. The molecular weight excluding hydrogens is 355 g/mol. The monoisotopic (exact) mass is 382 g/mol. The Morgan fingerprint density at radius 2 is 2.11 bits per heavy atom. The largest absolute Gasteiger partial charge is 0.303 e. The van der Waals surface area contributed by atoms with Gasteiger partial charge in [0.1, 0.15) is 17.4 Å². The lowest BCUT2D eigenvalue weighted by molar-refractivity contribution is -0.120. The molecule has 148 valence electrons. The summed E-state index contributed by atoms with van der Waals surface area (Å²) in [5.74, 6) is 0.577. The smallest absolute Gasteiger partial charge is 0.229 e. The number of hydrogen-bond acceptors (Lipinski definition) is 3. The summed E-state index contributed by atoms with van der Waals surface area (Å²) in [6.07, 6.45) is 5.73. The minimum absolute atomic E-state index is 0.00327. The van der Waals surface area contributed by atoms with Crippen molar-refractivity contribution in [2.75, 3.05) is 11.9 Å². The molecule has 1 aromatic carbocycles. The highest BCUT2D eigenvalue weighted by atomic mass is 19.1. The molecule has 6 heteroatoms. The molecule has 4 rings (SSSR count). The minimum Gasteiger partial charge on any atom is -0.303 e. The number of hydrogen-bond donors (Lipinski definition) is 0. The zero-order chi connectivity index (χ0) is 20.3. The van der Waals surface area contributed by atoms with Crippen LogP contribution in [0, 0.1) is 28.5 Å². The highest BCUT2D eigenvalue weighted by Gasteiger charge is 2.42. The molecule has 0 unspecified atom stereocenters. The lowest BCUT2D eigenvalue weighted by Gasteiger charge is -2.42. The predicted octanol–water partition coefficient (Wildman–Crippen LogP) is 4.74. The summed E-state index contributed by atoms with van der Waals surface area (Å²) in [5.41, 5.74) is 0.766. The van der Waals surface area contributed by atoms with Crippen molar-refractivity contribution >= 4 is 22.9 Å². The molecule has 0 saturated heterocycles. The molecule has 0 radical (unpaired) electrons. The van der Waals surface area contributed by atoms with Crippen molar-refractivity contribution in [2.24, 2.45) is 11.3 Å². The number of benzene rings is 1. The van der Waals surface area contributed by atoms with Gasteiger partial charge in [-0.15, -0.1) is 0 Å². The van der Waals surface area contributed by atoms with Crippen LogP contribution < -0.4 is 4.90 Å². The van der Waals surface area contributed by atoms with E-state index >= 15 is 0 Å². The fourth-order valence-corrected chi connectivity index (χ4v) is 4.51. The van der Waals surface area contributed by atoms with E-state index in [-0.39, 0.29) is 22.4 Å². The van der Waals surface area contributed by atoms with Crippen molar-refractivity contribution in [1.82, 2.24) is 9.55 Å². The van der Waals surface area contributed by atoms with Gasteiger partial charge in [-0.3, -0.25) is 9.69 Å². The maximum absolute atomic E-state index is 14.4. The van der Waals surface area contributed by atoms with Gasteiger partial charge < -0.3 is 4.57 Å². The normalized spacial score (nSPS) is 18.6. The first-order valence-corrected chi connectivity index (χ1v) is 10.1. The van der Waals surface area contributed by atoms with E-state index in [2.05, 4.69) is 25.8 Å². The summed E-state index contributed by atoms with van der Waals surface area (Å²) < 4.78 is 16.3. The minimum atomic E-state index is -0.547. The van der Waals surface area contributed by atoms with E-state index in [1.165, 1.54) is 18.9 Å². The number of imidazole rings is 1. The molecule has 1 amide bonds. The summed E-state index contributed by atoms with van der Waals surface area (Å²) in [6.45, 7) is 6.39. The van der Waals surface area contributed by atoms with Gasteiger partial charge >= 0.3 is 0 Å². The van der Waals surface area contributed by atoms with Gasteiger partial charge in [-0.05, 0) is 62.5 Å². The summed E-state index contributed by atoms with van der Waals surface area (Å²) in [4.78, 5) is 19.4. The maximum Gasteiger partial charge on any atom is 0.229 e. The molecule has 2 aromatic rings. The number of carbonyl (C=O) groups excluding carboxylic acids is 1. The number of amides is 1. The topological polar surface area (TPSA) is 61.9 Å². The van der Waals surface area contributed by atoms with E-state index in [4.69, 9.17) is 0 Å². The lowest BCUT2D eigenvalue weighted by atomic mass is 9.78.